The van der Waals surface area contributed by atoms with Crippen LogP contribution in [0.1, 0.15) is 0 Å². The molecule has 3 aromatic carbocycles. The van der Waals surface area contributed by atoms with Gasteiger partial charge in [0, 0.05) is 0 Å². The summed E-state index contributed by atoms with van der Waals surface area (Å²) in [5.41, 5.74) is 2.49. The van der Waals surface area contributed by atoms with Gasteiger partial charge in [-0.3, -0.25) is 0 Å². The molecule has 0 unspecified atom stereocenters. The van der Waals surface area contributed by atoms with Gasteiger partial charge < -0.3 is 0 Å². The van der Waals surface area contributed by atoms with Crippen molar-refractivity contribution in [3.05, 3.63) is 91.0 Å². The van der Waals surface area contributed by atoms with Gasteiger partial charge in [-0.2, -0.15) is 0 Å². The molecule has 0 amide bonds. The number of rotatable bonds is 3. The Morgan fingerprint density at radius 2 is 0.762 bits per heavy atom. The van der Waals surface area contributed by atoms with Crippen molar-refractivity contribution in [3.63, 3.8) is 0 Å². The molecule has 0 radical (unpaired) electrons. The van der Waals surface area contributed by atoms with Gasteiger partial charge in [0.05, 0.1) is 0 Å². The molecule has 3 aromatic rings. The Morgan fingerprint density at radius 1 is 0.524 bits per heavy atom. The standard InChI is InChI=1S/C19H18AsI/c1-20(21,17-11-5-2-6-12-17,18-13-7-3-8-14-18)19-15-9-4-10-16-19/h2-16H,1H3. The second kappa shape index (κ2) is 5.62. The summed E-state index contributed by atoms with van der Waals surface area (Å²) >= 11 is 2.79. The topological polar surface area (TPSA) is 0 Å². The van der Waals surface area contributed by atoms with Crippen LogP contribution >= 0.6 is 20.1 Å². The van der Waals surface area contributed by atoms with Crippen LogP contribution in [0.4, 0.5) is 0 Å². The van der Waals surface area contributed by atoms with Crippen LogP contribution < -0.4 is 13.1 Å². The van der Waals surface area contributed by atoms with Gasteiger partial charge in [-0.25, -0.2) is 0 Å². The van der Waals surface area contributed by atoms with Gasteiger partial charge in [-0.15, -0.1) is 0 Å². The Balaban J connectivity index is 2.36. The van der Waals surface area contributed by atoms with Crippen molar-refractivity contribution in [2.45, 2.75) is 5.71 Å². The zero-order valence-corrected chi connectivity index (χ0v) is 16.0. The van der Waals surface area contributed by atoms with Crippen molar-refractivity contribution in [2.75, 3.05) is 0 Å². The Hall–Kier alpha value is -1.05. The first-order valence-corrected chi connectivity index (χ1v) is 17.4. The molecule has 0 aromatic heterocycles. The minimum atomic E-state index is -3.07. The van der Waals surface area contributed by atoms with E-state index in [4.69, 9.17) is 0 Å². The molecular weight excluding hydrogens is 430 g/mol. The molecule has 0 atom stereocenters. The van der Waals surface area contributed by atoms with Crippen molar-refractivity contribution >= 4 is 42.3 Å². The molecule has 0 saturated heterocycles. The van der Waals surface area contributed by atoms with E-state index in [0.29, 0.717) is 0 Å². The van der Waals surface area contributed by atoms with Crippen molar-refractivity contribution in [3.8, 4) is 0 Å². The molecule has 0 nitrogen and oxygen atoms in total. The second-order valence-electron chi connectivity index (χ2n) is 5.44. The molecular formula is C19H18AsI. The van der Waals surface area contributed by atoms with Crippen LogP contribution in [-0.2, 0) is 0 Å². The van der Waals surface area contributed by atoms with Crippen LogP contribution in [0.5, 0.6) is 0 Å². The molecule has 0 spiro atoms. The van der Waals surface area contributed by atoms with Crippen LogP contribution in [0.2, 0.25) is 5.71 Å². The van der Waals surface area contributed by atoms with Crippen molar-refractivity contribution < 1.29 is 0 Å². The number of halogens is 1. The molecule has 0 bridgehead atoms. The average molecular weight is 448 g/mol. The summed E-state index contributed by atoms with van der Waals surface area (Å²) in [6.07, 6.45) is 0. The summed E-state index contributed by atoms with van der Waals surface area (Å²) in [4.78, 5) is 0. The molecule has 21 heavy (non-hydrogen) atoms. The molecule has 0 N–H and O–H groups in total. The molecule has 0 aliphatic carbocycles. The van der Waals surface area contributed by atoms with E-state index in [-0.39, 0.29) is 0 Å². The van der Waals surface area contributed by atoms with E-state index in [0.717, 1.165) is 0 Å². The quantitative estimate of drug-likeness (QED) is 0.424. The molecule has 0 saturated carbocycles. The average Bonchev–Trinajstić information content (AvgIpc) is 2.57. The van der Waals surface area contributed by atoms with Crippen molar-refractivity contribution in [1.29, 1.82) is 0 Å². The summed E-state index contributed by atoms with van der Waals surface area (Å²) < 4.78 is 4.40. The van der Waals surface area contributed by atoms with E-state index >= 15 is 0 Å². The van der Waals surface area contributed by atoms with Gasteiger partial charge >= 0.3 is 139 Å². The molecule has 0 heterocycles. The van der Waals surface area contributed by atoms with Gasteiger partial charge in [0.2, 0.25) is 0 Å². The maximum absolute atomic E-state index is 3.07. The molecule has 3 rings (SSSR count). The van der Waals surface area contributed by atoms with E-state index in [1.165, 1.54) is 13.1 Å². The first-order valence-electron chi connectivity index (χ1n) is 7.02. The van der Waals surface area contributed by atoms with Crippen molar-refractivity contribution in [2.24, 2.45) is 0 Å². The molecule has 106 valence electrons. The third-order valence-electron chi connectivity index (χ3n) is 4.11. The molecule has 0 aliphatic rings. The second-order valence-corrected chi connectivity index (χ2v) is 27.2. The monoisotopic (exact) mass is 448 g/mol. The number of hydrogen-bond donors (Lipinski definition) is 0. The summed E-state index contributed by atoms with van der Waals surface area (Å²) in [7, 11) is -3.07. The summed E-state index contributed by atoms with van der Waals surface area (Å²) in [5, 5.41) is 0. The Morgan fingerprint density at radius 3 is 1.00 bits per heavy atom. The maximum atomic E-state index is 2.79. The van der Waals surface area contributed by atoms with Crippen LogP contribution in [0.3, 0.4) is 0 Å². The van der Waals surface area contributed by atoms with E-state index < -0.39 is 9.10 Å². The van der Waals surface area contributed by atoms with Crippen LogP contribution in [0, 0.1) is 0 Å². The fourth-order valence-corrected chi connectivity index (χ4v) is 15.2. The summed E-state index contributed by atoms with van der Waals surface area (Å²) in [5.74, 6) is 0. The van der Waals surface area contributed by atoms with E-state index in [2.05, 4.69) is 117 Å². The van der Waals surface area contributed by atoms with Gasteiger partial charge in [0.1, 0.15) is 0 Å². The fraction of sp³-hybridized carbons (Fsp3) is 0.0526. The third-order valence-corrected chi connectivity index (χ3v) is 22.4. The molecule has 0 aliphatic heterocycles. The summed E-state index contributed by atoms with van der Waals surface area (Å²) in [6, 6.07) is 33.0. The van der Waals surface area contributed by atoms with Crippen LogP contribution in [-0.4, -0.2) is 9.10 Å². The Labute approximate surface area is 138 Å². The zero-order chi connectivity index (χ0) is 14.8. The van der Waals surface area contributed by atoms with E-state index in [1.54, 1.807) is 0 Å². The third kappa shape index (κ3) is 2.47. The van der Waals surface area contributed by atoms with Crippen LogP contribution in [0.15, 0.2) is 91.0 Å². The minimum absolute atomic E-state index is 1.47. The van der Waals surface area contributed by atoms with Gasteiger partial charge in [0.25, 0.3) is 0 Å². The Kier molecular flexibility index (Phi) is 3.98. The summed E-state index contributed by atoms with van der Waals surface area (Å²) in [6.45, 7) is 0. The number of benzene rings is 3. The van der Waals surface area contributed by atoms with Crippen molar-refractivity contribution in [1.82, 2.24) is 0 Å². The van der Waals surface area contributed by atoms with Gasteiger partial charge in [-0.1, -0.05) is 0 Å². The van der Waals surface area contributed by atoms with Gasteiger partial charge in [0.15, 0.2) is 0 Å². The fourth-order valence-electron chi connectivity index (χ4n) is 2.79. The molecule has 2 heteroatoms. The van der Waals surface area contributed by atoms with E-state index in [1.807, 2.05) is 0 Å². The van der Waals surface area contributed by atoms with Gasteiger partial charge in [-0.05, 0) is 0 Å². The predicted octanol–water partition coefficient (Wildman–Crippen LogP) is 3.67. The van der Waals surface area contributed by atoms with E-state index in [9.17, 15) is 0 Å². The van der Waals surface area contributed by atoms with Crippen LogP contribution in [0.25, 0.3) is 0 Å². The zero-order valence-electron chi connectivity index (χ0n) is 12.0. The number of hydrogen-bond acceptors (Lipinski definition) is 0. The predicted molar refractivity (Wildman–Crippen MR) is 104 cm³/mol. The SMILES string of the molecule is C[As](I)(c1ccccc1)(c1ccccc1)c1ccccc1. The molecule has 0 fully saturated rings. The normalized spacial score (nSPS) is 13.3. The first kappa shape index (κ1) is 14.9. The Bertz CT molecular complexity index is 618. The first-order chi connectivity index (χ1) is 10.1.